The number of fused-ring (bicyclic) bond motifs is 1. The fourth-order valence-electron chi connectivity index (χ4n) is 1.61. The van der Waals surface area contributed by atoms with E-state index in [0.717, 1.165) is 21.9 Å². The highest BCUT2D eigenvalue weighted by molar-refractivity contribution is 7.99. The van der Waals surface area contributed by atoms with Crippen molar-refractivity contribution < 1.29 is 4.79 Å². The summed E-state index contributed by atoms with van der Waals surface area (Å²) >= 11 is 1.63. The summed E-state index contributed by atoms with van der Waals surface area (Å²) in [7, 11) is 3.85. The van der Waals surface area contributed by atoms with Crippen molar-refractivity contribution >= 4 is 17.5 Å². The van der Waals surface area contributed by atoms with Gasteiger partial charge in [0.15, 0.2) is 5.78 Å². The summed E-state index contributed by atoms with van der Waals surface area (Å²) in [5.41, 5.74) is 2.53. The first kappa shape index (κ1) is 11.2. The Morgan fingerprint density at radius 1 is 1.44 bits per heavy atom. The maximum Gasteiger partial charge on any atom is 0.194 e. The summed E-state index contributed by atoms with van der Waals surface area (Å²) in [5.74, 6) is 0.815. The Morgan fingerprint density at radius 2 is 2.19 bits per heavy atom. The maximum atomic E-state index is 12.1. The van der Waals surface area contributed by atoms with E-state index in [-0.39, 0.29) is 5.78 Å². The van der Waals surface area contributed by atoms with Gasteiger partial charge in [-0.05, 0) is 19.1 Å². The molecular weight excluding hydrogens is 220 g/mol. The lowest BCUT2D eigenvalue weighted by Crippen LogP contribution is -2.16. The molecule has 0 spiro atoms. The quantitative estimate of drug-likeness (QED) is 0.697. The van der Waals surface area contributed by atoms with Gasteiger partial charge < -0.3 is 4.90 Å². The normalized spacial score (nSPS) is 17.4. The minimum absolute atomic E-state index is 0.106. The Balaban J connectivity index is 2.40. The number of rotatable bonds is 1. The average molecular weight is 234 g/mol. The number of ketones is 1. The molecule has 84 valence electrons. The third kappa shape index (κ3) is 2.11. The van der Waals surface area contributed by atoms with Crippen LogP contribution < -0.4 is 0 Å². The van der Waals surface area contributed by atoms with Gasteiger partial charge in [0.05, 0.1) is 5.56 Å². The molecule has 0 bridgehead atoms. The molecule has 2 heterocycles. The van der Waals surface area contributed by atoms with Crippen molar-refractivity contribution in [1.29, 1.82) is 0 Å². The van der Waals surface area contributed by atoms with E-state index < -0.39 is 0 Å². The number of carbonyl (C=O) groups excluding carboxylic acids is 1. The van der Waals surface area contributed by atoms with Gasteiger partial charge in [0.2, 0.25) is 0 Å². The van der Waals surface area contributed by atoms with Gasteiger partial charge in [-0.1, -0.05) is 0 Å². The number of Topliss-reactive ketones (excluding diaryl/α,β-unsaturated/α-hetero) is 1. The topological polar surface area (TPSA) is 33.2 Å². The van der Waals surface area contributed by atoms with E-state index in [9.17, 15) is 4.79 Å². The second-order valence-electron chi connectivity index (χ2n) is 4.04. The van der Waals surface area contributed by atoms with Crippen molar-refractivity contribution in [2.24, 2.45) is 0 Å². The van der Waals surface area contributed by atoms with Crippen molar-refractivity contribution in [1.82, 2.24) is 9.88 Å². The lowest BCUT2D eigenvalue weighted by atomic mass is 10.1. The van der Waals surface area contributed by atoms with Gasteiger partial charge >= 0.3 is 0 Å². The maximum absolute atomic E-state index is 12.1. The van der Waals surface area contributed by atoms with Crippen LogP contribution in [0.5, 0.6) is 0 Å². The van der Waals surface area contributed by atoms with Crippen LogP contribution in [0.4, 0.5) is 0 Å². The molecule has 1 aliphatic heterocycles. The predicted molar refractivity (Wildman–Crippen MR) is 65.8 cm³/mol. The summed E-state index contributed by atoms with van der Waals surface area (Å²) in [4.78, 5) is 18.4. The van der Waals surface area contributed by atoms with E-state index in [1.165, 1.54) is 0 Å². The molecule has 0 amide bonds. The van der Waals surface area contributed by atoms with Gasteiger partial charge in [-0.15, -0.1) is 11.8 Å². The standard InChI is InChI=1S/C12H14N2OS/c1-8-4-5-10-11(15)9(6-14(2)3)7-16-12(10)13-8/h4-6H,7H2,1-3H3/b9-6+. The summed E-state index contributed by atoms with van der Waals surface area (Å²) in [6, 6.07) is 3.76. The zero-order valence-electron chi connectivity index (χ0n) is 9.65. The SMILES string of the molecule is Cc1ccc2c(n1)SC/C(=C\N(C)C)C2=O. The molecule has 1 aromatic rings. The van der Waals surface area contributed by atoms with E-state index >= 15 is 0 Å². The number of aromatic nitrogens is 1. The zero-order chi connectivity index (χ0) is 11.7. The number of nitrogens with zero attached hydrogens (tertiary/aromatic N) is 2. The number of pyridine rings is 1. The Hall–Kier alpha value is -1.29. The van der Waals surface area contributed by atoms with Crippen molar-refractivity contribution in [3.05, 3.63) is 35.2 Å². The molecule has 1 aromatic heterocycles. The zero-order valence-corrected chi connectivity index (χ0v) is 10.5. The molecule has 3 nitrogen and oxygen atoms in total. The first-order valence-corrected chi connectivity index (χ1v) is 6.09. The highest BCUT2D eigenvalue weighted by atomic mass is 32.2. The predicted octanol–water partition coefficient (Wildman–Crippen LogP) is 2.12. The van der Waals surface area contributed by atoms with Crippen molar-refractivity contribution in [2.45, 2.75) is 11.9 Å². The lowest BCUT2D eigenvalue weighted by molar-refractivity contribution is 0.102. The highest BCUT2D eigenvalue weighted by Crippen LogP contribution is 2.31. The minimum atomic E-state index is 0.106. The molecular formula is C12H14N2OS. The fourth-order valence-corrected chi connectivity index (χ4v) is 2.63. The molecule has 0 aliphatic carbocycles. The largest absolute Gasteiger partial charge is 0.383 e. The van der Waals surface area contributed by atoms with E-state index in [0.29, 0.717) is 5.75 Å². The smallest absolute Gasteiger partial charge is 0.194 e. The number of carbonyl (C=O) groups is 1. The lowest BCUT2D eigenvalue weighted by Gasteiger charge is -2.18. The van der Waals surface area contributed by atoms with Crippen LogP contribution in [-0.4, -0.2) is 35.5 Å². The number of aryl methyl sites for hydroxylation is 1. The van der Waals surface area contributed by atoms with Crippen LogP contribution in [0, 0.1) is 6.92 Å². The third-order valence-electron chi connectivity index (χ3n) is 2.31. The molecule has 1 aliphatic rings. The monoisotopic (exact) mass is 234 g/mol. The highest BCUT2D eigenvalue weighted by Gasteiger charge is 2.23. The van der Waals surface area contributed by atoms with E-state index in [1.807, 2.05) is 44.3 Å². The van der Waals surface area contributed by atoms with Crippen LogP contribution in [0.1, 0.15) is 16.1 Å². The molecule has 0 saturated heterocycles. The van der Waals surface area contributed by atoms with E-state index in [1.54, 1.807) is 11.8 Å². The third-order valence-corrected chi connectivity index (χ3v) is 3.35. The second kappa shape index (κ2) is 4.29. The van der Waals surface area contributed by atoms with Gasteiger partial charge in [-0.3, -0.25) is 4.79 Å². The van der Waals surface area contributed by atoms with Crippen LogP contribution in [0.15, 0.2) is 28.9 Å². The van der Waals surface area contributed by atoms with Crippen LogP contribution in [0.25, 0.3) is 0 Å². The molecule has 2 rings (SSSR count). The van der Waals surface area contributed by atoms with Crippen LogP contribution >= 0.6 is 11.8 Å². The summed E-state index contributed by atoms with van der Waals surface area (Å²) in [5, 5.41) is 0.862. The van der Waals surface area contributed by atoms with E-state index in [4.69, 9.17) is 0 Å². The molecule has 0 unspecified atom stereocenters. The summed E-state index contributed by atoms with van der Waals surface area (Å²) in [6.07, 6.45) is 1.89. The molecule has 4 heteroatoms. The van der Waals surface area contributed by atoms with Gasteiger partial charge in [0.1, 0.15) is 5.03 Å². The summed E-state index contributed by atoms with van der Waals surface area (Å²) < 4.78 is 0. The number of hydrogen-bond acceptors (Lipinski definition) is 4. The minimum Gasteiger partial charge on any atom is -0.383 e. The molecule has 0 saturated carbocycles. The van der Waals surface area contributed by atoms with Crippen molar-refractivity contribution in [3.63, 3.8) is 0 Å². The molecule has 0 radical (unpaired) electrons. The van der Waals surface area contributed by atoms with Crippen molar-refractivity contribution in [3.8, 4) is 0 Å². The van der Waals surface area contributed by atoms with Crippen LogP contribution in [0.2, 0.25) is 0 Å². The molecule has 0 N–H and O–H groups in total. The van der Waals surface area contributed by atoms with Crippen LogP contribution in [0.3, 0.4) is 0 Å². The molecule has 16 heavy (non-hydrogen) atoms. The van der Waals surface area contributed by atoms with E-state index in [2.05, 4.69) is 4.98 Å². The Labute approximate surface area is 99.6 Å². The second-order valence-corrected chi connectivity index (χ2v) is 5.01. The fraction of sp³-hybridized carbons (Fsp3) is 0.333. The number of hydrogen-bond donors (Lipinski definition) is 0. The first-order chi connectivity index (χ1) is 7.58. The molecule has 0 fully saturated rings. The molecule has 0 atom stereocenters. The van der Waals surface area contributed by atoms with Gasteiger partial charge in [-0.2, -0.15) is 0 Å². The first-order valence-electron chi connectivity index (χ1n) is 5.10. The van der Waals surface area contributed by atoms with Gasteiger partial charge in [0.25, 0.3) is 0 Å². The Morgan fingerprint density at radius 3 is 2.88 bits per heavy atom. The Kier molecular flexibility index (Phi) is 3.01. The van der Waals surface area contributed by atoms with Crippen LogP contribution in [-0.2, 0) is 0 Å². The van der Waals surface area contributed by atoms with Crippen molar-refractivity contribution in [2.75, 3.05) is 19.8 Å². The Bertz CT molecular complexity index is 466. The average Bonchev–Trinajstić information content (AvgIpc) is 2.22. The summed E-state index contributed by atoms with van der Waals surface area (Å²) in [6.45, 7) is 1.94. The number of thioether (sulfide) groups is 1. The van der Waals surface area contributed by atoms with Gasteiger partial charge in [-0.25, -0.2) is 4.98 Å². The molecule has 0 aromatic carbocycles. The van der Waals surface area contributed by atoms with Gasteiger partial charge in [0, 0.05) is 37.3 Å².